The van der Waals surface area contributed by atoms with Crippen LogP contribution in [-0.4, -0.2) is 43.0 Å². The number of hydrogen-bond acceptors (Lipinski definition) is 5. The minimum atomic E-state index is -1.26. The van der Waals surface area contributed by atoms with Crippen molar-refractivity contribution in [1.29, 1.82) is 0 Å². The van der Waals surface area contributed by atoms with Crippen LogP contribution in [0.15, 0.2) is 24.3 Å². The van der Waals surface area contributed by atoms with Gasteiger partial charge in [-0.3, -0.25) is 14.9 Å². The molecule has 26 heavy (non-hydrogen) atoms. The van der Waals surface area contributed by atoms with Gasteiger partial charge in [-0.25, -0.2) is 14.0 Å². The molecule has 0 heterocycles. The van der Waals surface area contributed by atoms with E-state index in [1.165, 1.54) is 32.2 Å². The van der Waals surface area contributed by atoms with Gasteiger partial charge in [0.1, 0.15) is 11.9 Å². The van der Waals surface area contributed by atoms with Crippen molar-refractivity contribution in [2.45, 2.75) is 32.9 Å². The zero-order valence-electron chi connectivity index (χ0n) is 15.0. The first-order valence-corrected chi connectivity index (χ1v) is 7.95. The van der Waals surface area contributed by atoms with Gasteiger partial charge in [-0.1, -0.05) is 26.0 Å². The molecule has 0 unspecified atom stereocenters. The van der Waals surface area contributed by atoms with Gasteiger partial charge in [0, 0.05) is 7.05 Å². The maximum atomic E-state index is 13.7. The summed E-state index contributed by atoms with van der Waals surface area (Å²) < 4.78 is 18.7. The van der Waals surface area contributed by atoms with E-state index in [1.807, 2.05) is 5.32 Å². The molecule has 0 bridgehead atoms. The zero-order chi connectivity index (χ0) is 19.9. The molecule has 0 aliphatic heterocycles. The van der Waals surface area contributed by atoms with E-state index >= 15 is 0 Å². The molecular formula is C17H22FN3O5. The quantitative estimate of drug-likeness (QED) is 0.648. The van der Waals surface area contributed by atoms with Crippen molar-refractivity contribution in [1.82, 2.24) is 16.0 Å². The van der Waals surface area contributed by atoms with E-state index in [0.29, 0.717) is 0 Å². The fourth-order valence-electron chi connectivity index (χ4n) is 1.94. The number of esters is 1. The number of nitrogens with one attached hydrogen (secondary N) is 3. The molecule has 1 rings (SSSR count). The number of urea groups is 1. The summed E-state index contributed by atoms with van der Waals surface area (Å²) in [6.07, 6.45) is -1.26. The van der Waals surface area contributed by atoms with Gasteiger partial charge in [-0.2, -0.15) is 0 Å². The van der Waals surface area contributed by atoms with Gasteiger partial charge >= 0.3 is 12.0 Å². The van der Waals surface area contributed by atoms with E-state index in [2.05, 4.69) is 10.6 Å². The molecule has 1 aromatic rings. The minimum Gasteiger partial charge on any atom is -0.451 e. The third-order valence-electron chi connectivity index (χ3n) is 3.45. The third-order valence-corrected chi connectivity index (χ3v) is 3.45. The molecule has 3 N–H and O–H groups in total. The highest BCUT2D eigenvalue weighted by atomic mass is 19.1. The Morgan fingerprint density at radius 2 is 1.69 bits per heavy atom. The van der Waals surface area contributed by atoms with Gasteiger partial charge < -0.3 is 15.4 Å². The fraction of sp³-hybridized carbons (Fsp3) is 0.412. The van der Waals surface area contributed by atoms with Crippen LogP contribution in [0, 0.1) is 11.7 Å². The summed E-state index contributed by atoms with van der Waals surface area (Å²) in [7, 11) is 1.33. The van der Waals surface area contributed by atoms with Crippen molar-refractivity contribution in [3.63, 3.8) is 0 Å². The van der Waals surface area contributed by atoms with E-state index in [9.17, 15) is 23.6 Å². The average Bonchev–Trinajstić information content (AvgIpc) is 2.58. The summed E-state index contributed by atoms with van der Waals surface area (Å²) in [5, 5.41) is 6.57. The maximum absolute atomic E-state index is 13.7. The Morgan fingerprint density at radius 3 is 2.23 bits per heavy atom. The van der Waals surface area contributed by atoms with Crippen LogP contribution in [0.2, 0.25) is 0 Å². The fourth-order valence-corrected chi connectivity index (χ4v) is 1.94. The van der Waals surface area contributed by atoms with Crippen molar-refractivity contribution in [3.8, 4) is 0 Å². The molecule has 1 aromatic carbocycles. The molecule has 4 amide bonds. The van der Waals surface area contributed by atoms with Crippen LogP contribution in [0.3, 0.4) is 0 Å². The standard InChI is InChI=1S/C17H22FN3O5/c1-9(2)13(20-15(23)11-7-5-6-8-12(11)18)16(24)26-10(3)14(22)21-17(25)19-4/h5-10,13H,1-4H3,(H,20,23)(H2,19,21,22,25)/t10-,13-/m0/s1. The largest absolute Gasteiger partial charge is 0.451 e. The van der Waals surface area contributed by atoms with E-state index in [1.54, 1.807) is 13.8 Å². The van der Waals surface area contributed by atoms with Gasteiger partial charge in [0.25, 0.3) is 11.8 Å². The number of imide groups is 1. The number of carbonyl (C=O) groups is 4. The summed E-state index contributed by atoms with van der Waals surface area (Å²) in [5.74, 6) is -3.57. The van der Waals surface area contributed by atoms with Gasteiger partial charge in [-0.05, 0) is 25.0 Å². The molecule has 9 heteroatoms. The lowest BCUT2D eigenvalue weighted by atomic mass is 10.0. The van der Waals surface area contributed by atoms with Crippen LogP contribution in [0.5, 0.6) is 0 Å². The smallest absolute Gasteiger partial charge is 0.329 e. The average molecular weight is 367 g/mol. The maximum Gasteiger partial charge on any atom is 0.329 e. The molecule has 0 aliphatic rings. The molecule has 0 saturated carbocycles. The Morgan fingerprint density at radius 1 is 1.08 bits per heavy atom. The molecular weight excluding hydrogens is 345 g/mol. The van der Waals surface area contributed by atoms with E-state index < -0.39 is 41.8 Å². The van der Waals surface area contributed by atoms with Crippen LogP contribution >= 0.6 is 0 Å². The molecule has 0 fully saturated rings. The van der Waals surface area contributed by atoms with Crippen LogP contribution in [0.4, 0.5) is 9.18 Å². The van der Waals surface area contributed by atoms with Gasteiger partial charge in [0.15, 0.2) is 6.10 Å². The zero-order valence-corrected chi connectivity index (χ0v) is 15.0. The summed E-state index contributed by atoms with van der Waals surface area (Å²) in [6, 6.07) is 3.50. The number of benzene rings is 1. The summed E-state index contributed by atoms with van der Waals surface area (Å²) in [5.41, 5.74) is -0.212. The highest BCUT2D eigenvalue weighted by Crippen LogP contribution is 2.10. The SMILES string of the molecule is CNC(=O)NC(=O)[C@H](C)OC(=O)[C@@H](NC(=O)c1ccccc1F)C(C)C. The second kappa shape index (κ2) is 9.50. The van der Waals surface area contributed by atoms with E-state index in [-0.39, 0.29) is 11.5 Å². The second-order valence-corrected chi connectivity index (χ2v) is 5.82. The van der Waals surface area contributed by atoms with E-state index in [4.69, 9.17) is 4.74 Å². The monoisotopic (exact) mass is 367 g/mol. The number of ether oxygens (including phenoxy) is 1. The van der Waals surface area contributed by atoms with Gasteiger partial charge in [-0.15, -0.1) is 0 Å². The lowest BCUT2D eigenvalue weighted by molar-refractivity contribution is -0.157. The predicted molar refractivity (Wildman–Crippen MR) is 90.6 cm³/mol. The summed E-state index contributed by atoms with van der Waals surface area (Å²) in [4.78, 5) is 47.3. The Labute approximate surface area is 150 Å². The Hall–Kier alpha value is -2.97. The minimum absolute atomic E-state index is 0.212. The van der Waals surface area contributed by atoms with Gasteiger partial charge in [0.05, 0.1) is 5.56 Å². The van der Waals surface area contributed by atoms with Crippen molar-refractivity contribution >= 4 is 23.8 Å². The van der Waals surface area contributed by atoms with Crippen LogP contribution in [-0.2, 0) is 14.3 Å². The normalized spacial score (nSPS) is 12.7. The highest BCUT2D eigenvalue weighted by molar-refractivity contribution is 5.99. The second-order valence-electron chi connectivity index (χ2n) is 5.82. The predicted octanol–water partition coefficient (Wildman–Crippen LogP) is 0.967. The van der Waals surface area contributed by atoms with Crippen LogP contribution in [0.1, 0.15) is 31.1 Å². The van der Waals surface area contributed by atoms with Gasteiger partial charge in [0.2, 0.25) is 0 Å². The number of amides is 4. The number of hydrogen-bond donors (Lipinski definition) is 3. The highest BCUT2D eigenvalue weighted by Gasteiger charge is 2.30. The molecule has 0 saturated heterocycles. The molecule has 8 nitrogen and oxygen atoms in total. The first-order valence-electron chi connectivity index (χ1n) is 7.95. The van der Waals surface area contributed by atoms with Crippen molar-refractivity contribution in [3.05, 3.63) is 35.6 Å². The van der Waals surface area contributed by atoms with Crippen molar-refractivity contribution < 1.29 is 28.3 Å². The Kier molecular flexibility index (Phi) is 7.70. The molecule has 2 atom stereocenters. The molecule has 0 radical (unpaired) electrons. The number of rotatable bonds is 6. The van der Waals surface area contributed by atoms with Crippen LogP contribution < -0.4 is 16.0 Å². The van der Waals surface area contributed by atoms with Crippen molar-refractivity contribution in [2.75, 3.05) is 7.05 Å². The molecule has 142 valence electrons. The Bertz CT molecular complexity index is 693. The third kappa shape index (κ3) is 5.83. The number of carbonyl (C=O) groups excluding carboxylic acids is 4. The lowest BCUT2D eigenvalue weighted by Crippen LogP contribution is -2.49. The summed E-state index contributed by atoms with van der Waals surface area (Å²) >= 11 is 0. The summed E-state index contributed by atoms with van der Waals surface area (Å²) in [6.45, 7) is 4.60. The van der Waals surface area contributed by atoms with Crippen molar-refractivity contribution in [2.24, 2.45) is 5.92 Å². The molecule has 0 aliphatic carbocycles. The lowest BCUT2D eigenvalue weighted by Gasteiger charge is -2.23. The first-order chi connectivity index (χ1) is 12.2. The van der Waals surface area contributed by atoms with Crippen LogP contribution in [0.25, 0.3) is 0 Å². The first kappa shape index (κ1) is 21.1. The molecule has 0 spiro atoms. The topological polar surface area (TPSA) is 114 Å². The Balaban J connectivity index is 2.78. The van der Waals surface area contributed by atoms with E-state index in [0.717, 1.165) is 6.07 Å². The number of halogens is 1. The molecule has 0 aromatic heterocycles.